The maximum absolute atomic E-state index is 8.98. The molecule has 1 nitrogen and oxygen atoms in total. The minimum Gasteiger partial charge on any atom is -0.197 e. The van der Waals surface area contributed by atoms with Gasteiger partial charge in [-0.05, 0) is 30.9 Å². The third kappa shape index (κ3) is 3.70. The molecule has 0 N–H and O–H groups in total. The van der Waals surface area contributed by atoms with Crippen molar-refractivity contribution in [1.82, 2.24) is 0 Å². The molecule has 1 rings (SSSR count). The van der Waals surface area contributed by atoms with Gasteiger partial charge in [-0.1, -0.05) is 52.0 Å². The van der Waals surface area contributed by atoms with Crippen molar-refractivity contribution in [3.63, 3.8) is 0 Å². The van der Waals surface area contributed by atoms with Crippen LogP contribution >= 0.6 is 0 Å². The van der Waals surface area contributed by atoms with Crippen molar-refractivity contribution >= 4 is 0 Å². The second kappa shape index (κ2) is 6.33. The number of hydrogen-bond acceptors (Lipinski definition) is 1. The summed E-state index contributed by atoms with van der Waals surface area (Å²) in [6.07, 6.45) is 0. The smallest absolute Gasteiger partial charge is 0.0766 e. The van der Waals surface area contributed by atoms with Crippen molar-refractivity contribution < 1.29 is 0 Å². The molecule has 16 heavy (non-hydrogen) atoms. The first-order valence-corrected chi connectivity index (χ1v) is 5.99. The molecular formula is C15H23N. The van der Waals surface area contributed by atoms with Crippen molar-refractivity contribution in [1.29, 1.82) is 5.26 Å². The van der Waals surface area contributed by atoms with Gasteiger partial charge in [0.25, 0.3) is 0 Å². The molecule has 88 valence electrons. The summed E-state index contributed by atoms with van der Waals surface area (Å²) in [5.74, 6) is 0.550. The zero-order valence-corrected chi connectivity index (χ0v) is 11.3. The van der Waals surface area contributed by atoms with Crippen LogP contribution in [0.2, 0.25) is 0 Å². The molecule has 1 aromatic carbocycles. The topological polar surface area (TPSA) is 23.8 Å². The van der Waals surface area contributed by atoms with Crippen LogP contribution in [0.3, 0.4) is 0 Å². The van der Waals surface area contributed by atoms with Crippen molar-refractivity contribution in [2.45, 2.75) is 52.9 Å². The monoisotopic (exact) mass is 217 g/mol. The standard InChI is InChI=1S/C13H17N.C2H6/c1-10(2)11-5-7-12(8-6-11)13(3,4)9-14;1-2/h5-8,10H,1-4H3;1-2H3. The van der Waals surface area contributed by atoms with Gasteiger partial charge in [-0.2, -0.15) is 5.26 Å². The molecule has 1 aromatic rings. The molecule has 0 saturated carbocycles. The van der Waals surface area contributed by atoms with Crippen LogP contribution in [0.4, 0.5) is 0 Å². The Balaban J connectivity index is 0.00000106. The molecule has 0 unspecified atom stereocenters. The van der Waals surface area contributed by atoms with Gasteiger partial charge in [0.1, 0.15) is 0 Å². The van der Waals surface area contributed by atoms with Gasteiger partial charge in [-0.25, -0.2) is 0 Å². The molecule has 0 aliphatic rings. The summed E-state index contributed by atoms with van der Waals surface area (Å²) in [6, 6.07) is 10.6. The lowest BCUT2D eigenvalue weighted by Gasteiger charge is -2.16. The van der Waals surface area contributed by atoms with Gasteiger partial charge in [0.05, 0.1) is 11.5 Å². The maximum Gasteiger partial charge on any atom is 0.0766 e. The second-order valence-electron chi connectivity index (χ2n) is 4.51. The van der Waals surface area contributed by atoms with E-state index in [4.69, 9.17) is 5.26 Å². The Hall–Kier alpha value is -1.29. The molecule has 0 bridgehead atoms. The highest BCUT2D eigenvalue weighted by Gasteiger charge is 2.19. The van der Waals surface area contributed by atoms with Crippen LogP contribution in [0.5, 0.6) is 0 Å². The zero-order valence-electron chi connectivity index (χ0n) is 11.3. The van der Waals surface area contributed by atoms with Crippen molar-refractivity contribution in [3.8, 4) is 6.07 Å². The molecule has 0 aromatic heterocycles. The fraction of sp³-hybridized carbons (Fsp3) is 0.533. The summed E-state index contributed by atoms with van der Waals surface area (Å²) in [5, 5.41) is 8.98. The van der Waals surface area contributed by atoms with Crippen LogP contribution in [0, 0.1) is 11.3 Å². The van der Waals surface area contributed by atoms with Crippen LogP contribution in [-0.2, 0) is 5.41 Å². The van der Waals surface area contributed by atoms with E-state index in [1.165, 1.54) is 5.56 Å². The fourth-order valence-electron chi connectivity index (χ4n) is 1.35. The SMILES string of the molecule is CC.CC(C)c1ccc(C(C)(C)C#N)cc1. The lowest BCUT2D eigenvalue weighted by atomic mass is 9.85. The first-order valence-electron chi connectivity index (χ1n) is 5.99. The summed E-state index contributed by atoms with van der Waals surface area (Å²) in [5.41, 5.74) is 2.03. The van der Waals surface area contributed by atoms with E-state index >= 15 is 0 Å². The van der Waals surface area contributed by atoms with E-state index in [0.29, 0.717) is 5.92 Å². The van der Waals surface area contributed by atoms with Gasteiger partial charge < -0.3 is 0 Å². The molecule has 0 spiro atoms. The van der Waals surface area contributed by atoms with E-state index in [2.05, 4.69) is 44.2 Å². The molecular weight excluding hydrogens is 194 g/mol. The van der Waals surface area contributed by atoms with Crippen LogP contribution in [0.25, 0.3) is 0 Å². The van der Waals surface area contributed by atoms with Crippen molar-refractivity contribution in [3.05, 3.63) is 35.4 Å². The van der Waals surface area contributed by atoms with Crippen LogP contribution < -0.4 is 0 Å². The normalized spacial score (nSPS) is 10.4. The Morgan fingerprint density at radius 2 is 1.50 bits per heavy atom. The summed E-state index contributed by atoms with van der Waals surface area (Å²) in [7, 11) is 0. The van der Waals surface area contributed by atoms with Gasteiger partial charge in [0.15, 0.2) is 0 Å². The average molecular weight is 217 g/mol. The molecule has 0 amide bonds. The fourth-order valence-corrected chi connectivity index (χ4v) is 1.35. The van der Waals surface area contributed by atoms with Gasteiger partial charge in [0, 0.05) is 0 Å². The largest absolute Gasteiger partial charge is 0.197 e. The third-order valence-corrected chi connectivity index (χ3v) is 2.58. The molecule has 0 saturated heterocycles. The zero-order chi connectivity index (χ0) is 12.8. The number of nitriles is 1. The minimum absolute atomic E-state index is 0.379. The van der Waals surface area contributed by atoms with E-state index < -0.39 is 0 Å². The predicted molar refractivity (Wildman–Crippen MR) is 70.5 cm³/mol. The van der Waals surface area contributed by atoms with Gasteiger partial charge in [-0.3, -0.25) is 0 Å². The summed E-state index contributed by atoms with van der Waals surface area (Å²) < 4.78 is 0. The molecule has 0 radical (unpaired) electrons. The van der Waals surface area contributed by atoms with Crippen LogP contribution in [-0.4, -0.2) is 0 Å². The van der Waals surface area contributed by atoms with E-state index in [1.54, 1.807) is 0 Å². The summed E-state index contributed by atoms with van der Waals surface area (Å²) >= 11 is 0. The third-order valence-electron chi connectivity index (χ3n) is 2.58. The minimum atomic E-state index is -0.379. The van der Waals surface area contributed by atoms with Gasteiger partial charge in [0.2, 0.25) is 0 Å². The highest BCUT2D eigenvalue weighted by molar-refractivity contribution is 5.33. The predicted octanol–water partition coefficient (Wildman–Crippen LogP) is 4.64. The molecule has 0 aliphatic heterocycles. The Morgan fingerprint density at radius 3 is 1.81 bits per heavy atom. The summed E-state index contributed by atoms with van der Waals surface area (Å²) in [6.45, 7) is 12.2. The Bertz CT molecular complexity index is 339. The Morgan fingerprint density at radius 1 is 1.06 bits per heavy atom. The number of benzene rings is 1. The molecule has 1 heteroatoms. The van der Waals surface area contributed by atoms with Gasteiger partial charge >= 0.3 is 0 Å². The quantitative estimate of drug-likeness (QED) is 0.708. The number of nitrogens with zero attached hydrogens (tertiary/aromatic N) is 1. The highest BCUT2D eigenvalue weighted by Crippen LogP contribution is 2.24. The Labute approximate surface area is 100 Å². The highest BCUT2D eigenvalue weighted by atomic mass is 14.3. The lowest BCUT2D eigenvalue weighted by molar-refractivity contribution is 0.685. The van der Waals surface area contributed by atoms with E-state index in [0.717, 1.165) is 5.56 Å². The van der Waals surface area contributed by atoms with E-state index in [9.17, 15) is 0 Å². The Kier molecular flexibility index (Phi) is 5.82. The molecule has 0 atom stereocenters. The molecule has 0 fully saturated rings. The van der Waals surface area contributed by atoms with E-state index in [-0.39, 0.29) is 5.41 Å². The maximum atomic E-state index is 8.98. The van der Waals surface area contributed by atoms with Crippen LogP contribution in [0.15, 0.2) is 24.3 Å². The van der Waals surface area contributed by atoms with Crippen molar-refractivity contribution in [2.24, 2.45) is 0 Å². The van der Waals surface area contributed by atoms with Crippen molar-refractivity contribution in [2.75, 3.05) is 0 Å². The first-order chi connectivity index (χ1) is 7.47. The van der Waals surface area contributed by atoms with E-state index in [1.807, 2.05) is 27.7 Å². The van der Waals surface area contributed by atoms with Gasteiger partial charge in [-0.15, -0.1) is 0 Å². The average Bonchev–Trinajstić information content (AvgIpc) is 2.32. The van der Waals surface area contributed by atoms with Crippen LogP contribution in [0.1, 0.15) is 58.6 Å². The number of rotatable bonds is 2. The second-order valence-corrected chi connectivity index (χ2v) is 4.51. The lowest BCUT2D eigenvalue weighted by Crippen LogP contribution is -2.13. The summed E-state index contributed by atoms with van der Waals surface area (Å²) in [4.78, 5) is 0. The molecule has 0 heterocycles. The number of hydrogen-bond donors (Lipinski definition) is 0. The molecule has 0 aliphatic carbocycles. The first kappa shape index (κ1) is 14.7.